The van der Waals surface area contributed by atoms with Crippen LogP contribution in [0.2, 0.25) is 0 Å². The number of fused-ring (bicyclic) bond motifs is 2. The van der Waals surface area contributed by atoms with Crippen molar-refractivity contribution in [3.63, 3.8) is 0 Å². The largest absolute Gasteiger partial charge is 0.396 e. The van der Waals surface area contributed by atoms with Gasteiger partial charge in [0.2, 0.25) is 5.91 Å². The lowest BCUT2D eigenvalue weighted by Crippen LogP contribution is -2.44. The second-order valence-electron chi connectivity index (χ2n) is 11.8. The number of rotatable bonds is 13. The molecule has 0 fully saturated rings. The molecule has 13 heteroatoms. The molecule has 6 rings (SSSR count). The van der Waals surface area contributed by atoms with E-state index in [1.165, 1.54) is 23.1 Å². The molecule has 4 N–H and O–H groups in total. The Balaban J connectivity index is 1.15. The molecule has 0 saturated heterocycles. The third-order valence-electron chi connectivity index (χ3n) is 8.63. The normalized spacial score (nSPS) is 16.5. The van der Waals surface area contributed by atoms with E-state index in [0.717, 1.165) is 22.0 Å². The number of nitrogens with zero attached hydrogens (tertiary/aromatic N) is 5. The number of non-ortho nitro benzene ring substituents is 1. The van der Waals surface area contributed by atoms with Gasteiger partial charge in [-0.05, 0) is 41.8 Å². The Morgan fingerprint density at radius 3 is 2.73 bits per heavy atom. The number of hydrogen-bond donors (Lipinski definition) is 4. The predicted octanol–water partition coefficient (Wildman–Crippen LogP) is 4.40. The molecule has 48 heavy (non-hydrogen) atoms. The topological polar surface area (TPSA) is 180 Å². The molecular formula is C35H35N7O6. The van der Waals surface area contributed by atoms with Crippen LogP contribution < -0.4 is 10.2 Å². The summed E-state index contributed by atoms with van der Waals surface area (Å²) in [6.45, 7) is 2.29. The lowest BCUT2D eigenvalue weighted by molar-refractivity contribution is -0.385. The van der Waals surface area contributed by atoms with Crippen LogP contribution in [0.4, 0.5) is 17.1 Å². The van der Waals surface area contributed by atoms with Crippen LogP contribution in [0.1, 0.15) is 35.7 Å². The molecule has 0 unspecified atom stereocenters. The Hall–Kier alpha value is -5.66. The first-order chi connectivity index (χ1) is 23.2. The monoisotopic (exact) mass is 649 g/mol. The summed E-state index contributed by atoms with van der Waals surface area (Å²) in [5, 5.41) is 44.6. The molecule has 0 bridgehead atoms. The van der Waals surface area contributed by atoms with Gasteiger partial charge in [-0.1, -0.05) is 54.6 Å². The minimum Gasteiger partial charge on any atom is -0.396 e. The molecule has 0 saturated carbocycles. The maximum atomic E-state index is 14.0. The van der Waals surface area contributed by atoms with Gasteiger partial charge in [0.25, 0.3) is 11.6 Å². The number of aromatic nitrogens is 4. The average molecular weight is 650 g/mol. The van der Waals surface area contributed by atoms with Gasteiger partial charge in [0, 0.05) is 72.2 Å². The number of nitrogens with one attached hydrogen (secondary N) is 2. The number of aliphatic hydroxyl groups excluding tert-OH is 1. The summed E-state index contributed by atoms with van der Waals surface area (Å²) in [6, 6.07) is 18.9. The summed E-state index contributed by atoms with van der Waals surface area (Å²) >= 11 is 0. The zero-order chi connectivity index (χ0) is 33.8. The van der Waals surface area contributed by atoms with Crippen LogP contribution in [0.3, 0.4) is 0 Å². The Morgan fingerprint density at radius 1 is 1.17 bits per heavy atom. The van der Waals surface area contributed by atoms with Crippen molar-refractivity contribution < 1.29 is 24.7 Å². The van der Waals surface area contributed by atoms with E-state index in [1.807, 2.05) is 36.5 Å². The summed E-state index contributed by atoms with van der Waals surface area (Å²) in [5.41, 5.74) is 2.18. The second-order valence-corrected chi connectivity index (χ2v) is 11.8. The molecule has 3 heterocycles. The van der Waals surface area contributed by atoms with Gasteiger partial charge in [-0.15, -0.1) is 5.10 Å². The molecule has 2 amide bonds. The Morgan fingerprint density at radius 2 is 1.96 bits per heavy atom. The highest BCUT2D eigenvalue weighted by Crippen LogP contribution is 2.47. The highest BCUT2D eigenvalue weighted by molar-refractivity contribution is 6.07. The lowest BCUT2D eigenvalue weighted by atomic mass is 9.82. The van der Waals surface area contributed by atoms with Crippen molar-refractivity contribution in [3.8, 4) is 0 Å². The molecule has 2 atom stereocenters. The van der Waals surface area contributed by atoms with Crippen LogP contribution in [0.25, 0.3) is 10.9 Å². The Labute approximate surface area is 275 Å². The van der Waals surface area contributed by atoms with Crippen molar-refractivity contribution in [2.75, 3.05) is 16.8 Å². The Bertz CT molecular complexity index is 2000. The number of amides is 2. The number of nitro benzene ring substituents is 1. The fraction of sp³-hybridized carbons (Fsp3) is 0.257. The van der Waals surface area contributed by atoms with Gasteiger partial charge in [-0.2, -0.15) is 0 Å². The van der Waals surface area contributed by atoms with Crippen molar-refractivity contribution in [1.29, 1.82) is 0 Å². The highest BCUT2D eigenvalue weighted by atomic mass is 16.6. The van der Waals surface area contributed by atoms with Crippen molar-refractivity contribution in [1.82, 2.24) is 20.0 Å². The molecule has 246 valence electrons. The first-order valence-corrected chi connectivity index (χ1v) is 15.6. The van der Waals surface area contributed by atoms with Gasteiger partial charge in [-0.25, -0.2) is 0 Å². The minimum absolute atomic E-state index is 0.0178. The molecular weight excluding hydrogens is 614 g/mol. The molecule has 1 aliphatic rings. The van der Waals surface area contributed by atoms with Crippen molar-refractivity contribution in [3.05, 3.63) is 124 Å². The molecule has 2 aromatic heterocycles. The standard InChI is InChI=1S/C35H35N7O6/c1-23(6-4-5-16-40-22-27(15-17-43)38-39-40)35(46)30-19-28(42(47)48)13-14-32(30)41(34(35)45)21-24-9-11-26(12-10-24)37-33(44)18-25-20-36-31-8-3-2-7-29(25)31/h2-4,6-14,19-20,22-23,36,43,46H,5,15-18,21H2,1H3,(H,37,44)/b6-4+/t23-,35+/m0/s1. The average Bonchev–Trinajstić information content (AvgIpc) is 3.76. The second kappa shape index (κ2) is 13.6. The molecule has 13 nitrogen and oxygen atoms in total. The van der Waals surface area contributed by atoms with E-state index in [2.05, 4.69) is 20.6 Å². The SMILES string of the molecule is C[C@@H](/C=C/CCn1cc(CCO)nn1)[C@]1(O)C(=O)N(Cc2ccc(NC(=O)Cc3c[nH]c4ccccc34)cc2)c2ccc([N+](=O)[O-])cc21. The van der Waals surface area contributed by atoms with E-state index in [0.29, 0.717) is 36.5 Å². The van der Waals surface area contributed by atoms with Gasteiger partial charge in [0.1, 0.15) is 0 Å². The number of allylic oxidation sites excluding steroid dienone is 1. The zero-order valence-electron chi connectivity index (χ0n) is 26.2. The van der Waals surface area contributed by atoms with E-state index >= 15 is 0 Å². The van der Waals surface area contributed by atoms with Gasteiger partial charge in [-0.3, -0.25) is 24.4 Å². The zero-order valence-corrected chi connectivity index (χ0v) is 26.2. The summed E-state index contributed by atoms with van der Waals surface area (Å²) in [5.74, 6) is -1.47. The summed E-state index contributed by atoms with van der Waals surface area (Å²) in [4.78, 5) is 42.4. The quantitative estimate of drug-likeness (QED) is 0.0823. The third kappa shape index (κ3) is 6.46. The van der Waals surface area contributed by atoms with Crippen molar-refractivity contribution in [2.45, 2.75) is 44.9 Å². The first-order valence-electron chi connectivity index (χ1n) is 15.6. The van der Waals surface area contributed by atoms with Crippen LogP contribution in [0.5, 0.6) is 0 Å². The number of H-pyrrole nitrogens is 1. The number of carbonyl (C=O) groups is 2. The van der Waals surface area contributed by atoms with Crippen LogP contribution in [-0.4, -0.2) is 53.5 Å². The molecule has 3 aromatic carbocycles. The predicted molar refractivity (Wildman–Crippen MR) is 179 cm³/mol. The first kappa shape index (κ1) is 32.3. The number of aryl methyl sites for hydroxylation is 1. The number of anilines is 2. The van der Waals surface area contributed by atoms with E-state index < -0.39 is 22.3 Å². The van der Waals surface area contributed by atoms with Gasteiger partial charge in [0.05, 0.1) is 29.3 Å². The number of hydrogen-bond acceptors (Lipinski definition) is 8. The maximum absolute atomic E-state index is 14.0. The number of aromatic amines is 1. The van der Waals surface area contributed by atoms with E-state index in [4.69, 9.17) is 5.11 Å². The lowest BCUT2D eigenvalue weighted by Gasteiger charge is -2.27. The van der Waals surface area contributed by atoms with Crippen molar-refractivity contribution in [2.24, 2.45) is 5.92 Å². The van der Waals surface area contributed by atoms with Gasteiger partial charge in [0.15, 0.2) is 5.60 Å². The van der Waals surface area contributed by atoms with Crippen molar-refractivity contribution >= 4 is 39.8 Å². The van der Waals surface area contributed by atoms with Crippen LogP contribution in [0.15, 0.2) is 91.3 Å². The number of carbonyl (C=O) groups excluding carboxylic acids is 2. The minimum atomic E-state index is -2.03. The van der Waals surface area contributed by atoms with Crippen LogP contribution in [0, 0.1) is 16.0 Å². The maximum Gasteiger partial charge on any atom is 0.269 e. The summed E-state index contributed by atoms with van der Waals surface area (Å²) in [6.07, 6.45) is 8.29. The van der Waals surface area contributed by atoms with Gasteiger partial charge >= 0.3 is 0 Å². The van der Waals surface area contributed by atoms with Crippen LogP contribution in [-0.2, 0) is 41.1 Å². The molecule has 0 radical (unpaired) electrons. The van der Waals surface area contributed by atoms with E-state index in [1.54, 1.807) is 48.1 Å². The fourth-order valence-electron chi connectivity index (χ4n) is 6.06. The number of benzene rings is 3. The highest BCUT2D eigenvalue weighted by Gasteiger charge is 2.53. The summed E-state index contributed by atoms with van der Waals surface area (Å²) in [7, 11) is 0. The number of nitro groups is 1. The molecule has 1 aliphatic heterocycles. The number of para-hydroxylation sites is 1. The Kier molecular flexibility index (Phi) is 9.15. The van der Waals surface area contributed by atoms with Crippen LogP contribution >= 0.6 is 0 Å². The molecule has 5 aromatic rings. The van der Waals surface area contributed by atoms with Gasteiger partial charge < -0.3 is 25.4 Å². The smallest absolute Gasteiger partial charge is 0.269 e. The number of aliphatic hydroxyl groups is 2. The summed E-state index contributed by atoms with van der Waals surface area (Å²) < 4.78 is 1.65. The molecule has 0 aliphatic carbocycles. The van der Waals surface area contributed by atoms with E-state index in [9.17, 15) is 24.8 Å². The third-order valence-corrected chi connectivity index (χ3v) is 8.63. The molecule has 0 spiro atoms. The fourth-order valence-corrected chi connectivity index (χ4v) is 6.06. The van der Waals surface area contributed by atoms with E-state index in [-0.39, 0.29) is 36.7 Å².